The maximum atomic E-state index is 13.0. The van der Waals surface area contributed by atoms with Gasteiger partial charge < -0.3 is 5.32 Å². The van der Waals surface area contributed by atoms with Crippen LogP contribution in [-0.4, -0.2) is 15.7 Å². The lowest BCUT2D eigenvalue weighted by molar-refractivity contribution is 0.0943. The van der Waals surface area contributed by atoms with E-state index >= 15 is 0 Å². The van der Waals surface area contributed by atoms with Crippen LogP contribution in [-0.2, 0) is 13.1 Å². The fraction of sp³-hybridized carbons (Fsp3) is 0.105. The number of hydrogen-bond donors (Lipinski definition) is 1. The summed E-state index contributed by atoms with van der Waals surface area (Å²) in [6.45, 7) is 0.534. The Labute approximate surface area is 163 Å². The molecule has 2 aromatic carbocycles. The van der Waals surface area contributed by atoms with E-state index in [0.717, 1.165) is 14.7 Å². The number of aromatic nitrogens is 2. The minimum atomic E-state index is -0.364. The van der Waals surface area contributed by atoms with Gasteiger partial charge in [-0.25, -0.2) is 9.07 Å². The van der Waals surface area contributed by atoms with Crippen molar-refractivity contribution in [1.82, 2.24) is 15.1 Å². The van der Waals surface area contributed by atoms with Crippen molar-refractivity contribution in [3.8, 4) is 0 Å². The smallest absolute Gasteiger partial charge is 0.271 e. The molecule has 3 aromatic rings. The van der Waals surface area contributed by atoms with Gasteiger partial charge in [-0.3, -0.25) is 9.59 Å². The van der Waals surface area contributed by atoms with Crippen molar-refractivity contribution in [1.29, 1.82) is 0 Å². The van der Waals surface area contributed by atoms with Crippen LogP contribution in [0.1, 0.15) is 21.6 Å². The Balaban J connectivity index is 1.71. The maximum Gasteiger partial charge on any atom is 0.271 e. The first-order valence-electron chi connectivity index (χ1n) is 7.86. The molecule has 132 valence electrons. The van der Waals surface area contributed by atoms with Gasteiger partial charge in [-0.2, -0.15) is 5.10 Å². The van der Waals surface area contributed by atoms with E-state index in [1.54, 1.807) is 12.1 Å². The standard InChI is InChI=1S/C19H15FIN3O2/c20-15-5-1-14(2-6-15)12-24-18(25)10-9-17(23-24)19(26)22-11-13-3-7-16(21)8-4-13/h1-10H,11-12H2,(H,22,26). The summed E-state index contributed by atoms with van der Waals surface area (Å²) in [5.41, 5.74) is 1.51. The van der Waals surface area contributed by atoms with Crippen LogP contribution in [0.15, 0.2) is 65.5 Å². The third-order valence-electron chi connectivity index (χ3n) is 3.71. The van der Waals surface area contributed by atoms with E-state index in [0.29, 0.717) is 6.54 Å². The number of hydrogen-bond acceptors (Lipinski definition) is 3. The number of halogens is 2. The number of nitrogens with one attached hydrogen (secondary N) is 1. The van der Waals surface area contributed by atoms with E-state index in [9.17, 15) is 14.0 Å². The van der Waals surface area contributed by atoms with E-state index in [1.165, 1.54) is 28.9 Å². The van der Waals surface area contributed by atoms with Gasteiger partial charge in [0.15, 0.2) is 0 Å². The van der Waals surface area contributed by atoms with Crippen LogP contribution in [0, 0.1) is 9.39 Å². The number of rotatable bonds is 5. The summed E-state index contributed by atoms with van der Waals surface area (Å²) in [6, 6.07) is 16.3. The third kappa shape index (κ3) is 4.75. The zero-order chi connectivity index (χ0) is 18.5. The van der Waals surface area contributed by atoms with E-state index in [4.69, 9.17) is 0 Å². The van der Waals surface area contributed by atoms with Crippen LogP contribution in [0.3, 0.4) is 0 Å². The molecule has 0 unspecified atom stereocenters. The molecule has 0 fully saturated rings. The molecule has 3 rings (SSSR count). The third-order valence-corrected chi connectivity index (χ3v) is 4.43. The van der Waals surface area contributed by atoms with Gasteiger partial charge in [0.25, 0.3) is 11.5 Å². The Morgan fingerprint density at radius 3 is 2.35 bits per heavy atom. The van der Waals surface area contributed by atoms with Crippen LogP contribution in [0.25, 0.3) is 0 Å². The average molecular weight is 463 g/mol. The Morgan fingerprint density at radius 1 is 1.00 bits per heavy atom. The van der Waals surface area contributed by atoms with E-state index in [2.05, 4.69) is 33.0 Å². The highest BCUT2D eigenvalue weighted by atomic mass is 127. The molecule has 1 aromatic heterocycles. The van der Waals surface area contributed by atoms with Gasteiger partial charge in [0.05, 0.1) is 6.54 Å². The molecular weight excluding hydrogens is 448 g/mol. The van der Waals surface area contributed by atoms with Crippen LogP contribution in [0.5, 0.6) is 0 Å². The van der Waals surface area contributed by atoms with Crippen molar-refractivity contribution in [2.45, 2.75) is 13.1 Å². The Bertz CT molecular complexity index is 969. The van der Waals surface area contributed by atoms with Crippen molar-refractivity contribution in [3.63, 3.8) is 0 Å². The molecule has 0 radical (unpaired) electrons. The van der Waals surface area contributed by atoms with Gasteiger partial charge in [0.2, 0.25) is 0 Å². The van der Waals surface area contributed by atoms with E-state index < -0.39 is 0 Å². The van der Waals surface area contributed by atoms with Crippen LogP contribution >= 0.6 is 22.6 Å². The predicted molar refractivity (Wildman–Crippen MR) is 104 cm³/mol. The lowest BCUT2D eigenvalue weighted by Gasteiger charge is -2.08. The second-order valence-corrected chi connectivity index (χ2v) is 6.90. The van der Waals surface area contributed by atoms with Gasteiger partial charge >= 0.3 is 0 Å². The average Bonchev–Trinajstić information content (AvgIpc) is 2.64. The largest absolute Gasteiger partial charge is 0.347 e. The van der Waals surface area contributed by atoms with Gasteiger partial charge in [-0.1, -0.05) is 24.3 Å². The van der Waals surface area contributed by atoms with Crippen molar-refractivity contribution in [3.05, 3.63) is 97.2 Å². The second kappa shape index (κ2) is 8.22. The zero-order valence-electron chi connectivity index (χ0n) is 13.7. The fourth-order valence-corrected chi connectivity index (χ4v) is 2.68. The van der Waals surface area contributed by atoms with Crippen LogP contribution < -0.4 is 10.9 Å². The first-order chi connectivity index (χ1) is 12.5. The minimum absolute atomic E-state index is 0.150. The lowest BCUT2D eigenvalue weighted by atomic mass is 10.2. The molecule has 0 saturated heterocycles. The van der Waals surface area contributed by atoms with Crippen LogP contribution in [0.4, 0.5) is 4.39 Å². The molecule has 0 bridgehead atoms. The Kier molecular flexibility index (Phi) is 5.77. The molecule has 0 aliphatic rings. The molecular formula is C19H15FIN3O2. The number of carbonyl (C=O) groups is 1. The predicted octanol–water partition coefficient (Wildman–Crippen LogP) is 2.97. The van der Waals surface area contributed by atoms with Crippen molar-refractivity contribution >= 4 is 28.5 Å². The van der Waals surface area contributed by atoms with Crippen LogP contribution in [0.2, 0.25) is 0 Å². The molecule has 1 heterocycles. The van der Waals surface area contributed by atoms with Crippen molar-refractivity contribution in [2.75, 3.05) is 0 Å². The molecule has 5 nitrogen and oxygen atoms in total. The monoisotopic (exact) mass is 463 g/mol. The summed E-state index contributed by atoms with van der Waals surface area (Å²) >= 11 is 2.21. The van der Waals surface area contributed by atoms with Crippen molar-refractivity contribution in [2.24, 2.45) is 0 Å². The Morgan fingerprint density at radius 2 is 1.65 bits per heavy atom. The second-order valence-electron chi connectivity index (χ2n) is 5.65. The first-order valence-corrected chi connectivity index (χ1v) is 8.94. The number of carbonyl (C=O) groups excluding carboxylic acids is 1. The molecule has 1 amide bonds. The topological polar surface area (TPSA) is 64.0 Å². The minimum Gasteiger partial charge on any atom is -0.347 e. The fourth-order valence-electron chi connectivity index (χ4n) is 2.32. The summed E-state index contributed by atoms with van der Waals surface area (Å²) in [4.78, 5) is 24.3. The first kappa shape index (κ1) is 18.2. The summed E-state index contributed by atoms with van der Waals surface area (Å²) in [5.74, 6) is -0.714. The molecule has 0 aliphatic carbocycles. The number of nitrogens with zero attached hydrogens (tertiary/aromatic N) is 2. The summed E-state index contributed by atoms with van der Waals surface area (Å²) < 4.78 is 15.3. The zero-order valence-corrected chi connectivity index (χ0v) is 15.8. The SMILES string of the molecule is O=C(NCc1ccc(I)cc1)c1ccc(=O)n(Cc2ccc(F)cc2)n1. The normalized spacial score (nSPS) is 10.5. The number of benzene rings is 2. The van der Waals surface area contributed by atoms with Gasteiger partial charge in [-0.15, -0.1) is 0 Å². The summed E-state index contributed by atoms with van der Waals surface area (Å²) in [7, 11) is 0. The van der Waals surface area contributed by atoms with Gasteiger partial charge in [0.1, 0.15) is 11.5 Å². The van der Waals surface area contributed by atoms with E-state index in [-0.39, 0.29) is 29.5 Å². The lowest BCUT2D eigenvalue weighted by Crippen LogP contribution is -2.29. The molecule has 0 aliphatic heterocycles. The summed E-state index contributed by atoms with van der Waals surface area (Å²) in [5, 5.41) is 6.90. The molecule has 1 N–H and O–H groups in total. The molecule has 0 saturated carbocycles. The highest BCUT2D eigenvalue weighted by molar-refractivity contribution is 14.1. The number of amides is 1. The highest BCUT2D eigenvalue weighted by Crippen LogP contribution is 2.07. The maximum absolute atomic E-state index is 13.0. The highest BCUT2D eigenvalue weighted by Gasteiger charge is 2.10. The molecule has 26 heavy (non-hydrogen) atoms. The van der Waals surface area contributed by atoms with Crippen molar-refractivity contribution < 1.29 is 9.18 Å². The summed E-state index contributed by atoms with van der Waals surface area (Å²) in [6.07, 6.45) is 0. The quantitative estimate of drug-likeness (QED) is 0.592. The van der Waals surface area contributed by atoms with Gasteiger partial charge in [-0.05, 0) is 64.0 Å². The molecule has 7 heteroatoms. The van der Waals surface area contributed by atoms with E-state index in [1.807, 2.05) is 24.3 Å². The molecule has 0 atom stereocenters. The van der Waals surface area contributed by atoms with Gasteiger partial charge in [0, 0.05) is 16.2 Å². The Hall–Kier alpha value is -2.55. The molecule has 0 spiro atoms.